The quantitative estimate of drug-likeness (QED) is 0.711. The molecule has 1 aromatic heterocycles. The molecule has 0 saturated carbocycles. The molecule has 0 bridgehead atoms. The molecule has 3 aromatic rings. The Morgan fingerprint density at radius 3 is 2.29 bits per heavy atom. The number of thioether (sulfide) groups is 1. The lowest BCUT2D eigenvalue weighted by Crippen LogP contribution is -2.22. The van der Waals surface area contributed by atoms with Crippen LogP contribution in [0, 0.1) is 6.92 Å². The van der Waals surface area contributed by atoms with Gasteiger partial charge in [-0.25, -0.2) is 0 Å². The Hall–Kier alpha value is -2.11. The molecule has 0 aliphatic rings. The molecule has 0 saturated heterocycles. The van der Waals surface area contributed by atoms with Crippen LogP contribution < -0.4 is 0 Å². The van der Waals surface area contributed by atoms with E-state index in [0.717, 1.165) is 22.2 Å². The van der Waals surface area contributed by atoms with Crippen LogP contribution >= 0.6 is 11.8 Å². The van der Waals surface area contributed by atoms with Crippen molar-refractivity contribution in [3.05, 3.63) is 60.2 Å². The van der Waals surface area contributed by atoms with Crippen molar-refractivity contribution in [2.24, 2.45) is 0 Å². The summed E-state index contributed by atoms with van der Waals surface area (Å²) in [6.07, 6.45) is 0. The highest BCUT2D eigenvalue weighted by Crippen LogP contribution is 2.29. The van der Waals surface area contributed by atoms with Gasteiger partial charge in [0.05, 0.1) is 5.60 Å². The average Bonchev–Trinajstić information content (AvgIpc) is 2.98. The number of hydrogen-bond acceptors (Lipinski definition) is 4. The van der Waals surface area contributed by atoms with Gasteiger partial charge in [-0.3, -0.25) is 4.57 Å². The minimum Gasteiger partial charge on any atom is -0.390 e. The first kappa shape index (κ1) is 16.7. The molecule has 0 fully saturated rings. The number of aryl methyl sites for hydroxylation is 1. The standard InChI is InChI=1S/C19H21N3OS/c1-14-9-11-16(12-10-14)22-17(15-7-5-4-6-8-15)20-21-18(22)24-13-19(2,3)23/h4-12,23H,13H2,1-3H3. The van der Waals surface area contributed by atoms with Crippen molar-refractivity contribution in [2.45, 2.75) is 31.5 Å². The fraction of sp³-hybridized carbons (Fsp3) is 0.263. The second kappa shape index (κ2) is 6.79. The van der Waals surface area contributed by atoms with Gasteiger partial charge in [-0.2, -0.15) is 0 Å². The van der Waals surface area contributed by atoms with Crippen LogP contribution in [0.2, 0.25) is 0 Å². The van der Waals surface area contributed by atoms with E-state index < -0.39 is 5.60 Å². The smallest absolute Gasteiger partial charge is 0.196 e. The first-order valence-electron chi connectivity index (χ1n) is 7.87. The van der Waals surface area contributed by atoms with Crippen LogP contribution in [0.15, 0.2) is 59.8 Å². The summed E-state index contributed by atoms with van der Waals surface area (Å²) in [5.41, 5.74) is 2.48. The van der Waals surface area contributed by atoms with Crippen molar-refractivity contribution in [3.63, 3.8) is 0 Å². The number of aromatic nitrogens is 3. The Morgan fingerprint density at radius 1 is 1.00 bits per heavy atom. The summed E-state index contributed by atoms with van der Waals surface area (Å²) in [5, 5.41) is 19.6. The van der Waals surface area contributed by atoms with Crippen molar-refractivity contribution in [3.8, 4) is 17.1 Å². The molecule has 0 aliphatic carbocycles. The van der Waals surface area contributed by atoms with E-state index in [2.05, 4.69) is 41.4 Å². The van der Waals surface area contributed by atoms with Crippen molar-refractivity contribution in [1.82, 2.24) is 14.8 Å². The lowest BCUT2D eigenvalue weighted by atomic mass is 10.2. The van der Waals surface area contributed by atoms with Gasteiger partial charge in [0.25, 0.3) is 0 Å². The molecule has 0 spiro atoms. The number of hydrogen-bond donors (Lipinski definition) is 1. The average molecular weight is 339 g/mol. The number of aliphatic hydroxyl groups is 1. The SMILES string of the molecule is Cc1ccc(-n2c(SCC(C)(C)O)nnc2-c2ccccc2)cc1. The first-order valence-corrected chi connectivity index (χ1v) is 8.86. The van der Waals surface area contributed by atoms with Crippen LogP contribution in [0.3, 0.4) is 0 Å². The van der Waals surface area contributed by atoms with Gasteiger partial charge in [-0.05, 0) is 32.9 Å². The van der Waals surface area contributed by atoms with Crippen molar-refractivity contribution in [2.75, 3.05) is 5.75 Å². The maximum atomic E-state index is 10.0. The summed E-state index contributed by atoms with van der Waals surface area (Å²) in [6, 6.07) is 18.3. The lowest BCUT2D eigenvalue weighted by Gasteiger charge is -2.16. The molecule has 124 valence electrons. The van der Waals surface area contributed by atoms with E-state index in [0.29, 0.717) is 5.75 Å². The van der Waals surface area contributed by atoms with E-state index in [4.69, 9.17) is 0 Å². The van der Waals surface area contributed by atoms with E-state index in [1.54, 1.807) is 13.8 Å². The van der Waals surface area contributed by atoms with E-state index in [1.165, 1.54) is 17.3 Å². The van der Waals surface area contributed by atoms with Gasteiger partial charge in [-0.15, -0.1) is 10.2 Å². The molecule has 2 aromatic carbocycles. The van der Waals surface area contributed by atoms with E-state index >= 15 is 0 Å². The molecule has 24 heavy (non-hydrogen) atoms. The second-order valence-corrected chi connectivity index (χ2v) is 7.39. The normalized spacial score (nSPS) is 11.7. The zero-order valence-corrected chi connectivity index (χ0v) is 14.9. The molecule has 0 unspecified atom stereocenters. The van der Waals surface area contributed by atoms with Crippen LogP contribution in [-0.2, 0) is 0 Å². The number of nitrogens with zero attached hydrogens (tertiary/aromatic N) is 3. The summed E-state index contributed by atoms with van der Waals surface area (Å²) in [4.78, 5) is 0. The Balaban J connectivity index is 2.07. The Kier molecular flexibility index (Phi) is 4.73. The third-order valence-corrected chi connectivity index (χ3v) is 4.89. The molecular weight excluding hydrogens is 318 g/mol. The topological polar surface area (TPSA) is 50.9 Å². The van der Waals surface area contributed by atoms with Crippen molar-refractivity contribution >= 4 is 11.8 Å². The second-order valence-electron chi connectivity index (χ2n) is 6.44. The first-order chi connectivity index (χ1) is 11.4. The fourth-order valence-electron chi connectivity index (χ4n) is 2.31. The summed E-state index contributed by atoms with van der Waals surface area (Å²) in [5.74, 6) is 1.35. The zero-order chi connectivity index (χ0) is 17.2. The highest BCUT2D eigenvalue weighted by Gasteiger charge is 2.19. The molecule has 0 atom stereocenters. The Labute approximate surface area is 146 Å². The van der Waals surface area contributed by atoms with Crippen LogP contribution in [0.5, 0.6) is 0 Å². The molecule has 4 nitrogen and oxygen atoms in total. The molecule has 3 rings (SSSR count). The minimum atomic E-state index is -0.762. The predicted molar refractivity (Wildman–Crippen MR) is 98.6 cm³/mol. The van der Waals surface area contributed by atoms with Gasteiger partial charge in [0.15, 0.2) is 11.0 Å². The zero-order valence-electron chi connectivity index (χ0n) is 14.1. The molecular formula is C19H21N3OS. The summed E-state index contributed by atoms with van der Waals surface area (Å²) < 4.78 is 2.05. The molecule has 0 radical (unpaired) electrons. The highest BCUT2D eigenvalue weighted by atomic mass is 32.2. The molecule has 1 N–H and O–H groups in total. The maximum absolute atomic E-state index is 10.0. The summed E-state index contributed by atoms with van der Waals surface area (Å²) >= 11 is 1.51. The number of rotatable bonds is 5. The van der Waals surface area contributed by atoms with Gasteiger partial charge in [0.2, 0.25) is 0 Å². The van der Waals surface area contributed by atoms with E-state index in [-0.39, 0.29) is 0 Å². The molecule has 1 heterocycles. The monoisotopic (exact) mass is 339 g/mol. The van der Waals surface area contributed by atoms with E-state index in [1.807, 2.05) is 34.9 Å². The number of benzene rings is 2. The lowest BCUT2D eigenvalue weighted by molar-refractivity contribution is 0.107. The summed E-state index contributed by atoms with van der Waals surface area (Å²) in [6.45, 7) is 5.66. The van der Waals surface area contributed by atoms with Crippen LogP contribution in [-0.4, -0.2) is 31.2 Å². The predicted octanol–water partition coefficient (Wildman–Crippen LogP) is 4.11. The largest absolute Gasteiger partial charge is 0.390 e. The van der Waals surface area contributed by atoms with Crippen LogP contribution in [0.25, 0.3) is 17.1 Å². The molecule has 5 heteroatoms. The van der Waals surface area contributed by atoms with Crippen LogP contribution in [0.1, 0.15) is 19.4 Å². The van der Waals surface area contributed by atoms with Gasteiger partial charge in [0.1, 0.15) is 0 Å². The third kappa shape index (κ3) is 3.86. The Morgan fingerprint density at radius 2 is 1.67 bits per heavy atom. The van der Waals surface area contributed by atoms with Gasteiger partial charge < -0.3 is 5.11 Å². The van der Waals surface area contributed by atoms with Gasteiger partial charge in [0, 0.05) is 17.0 Å². The van der Waals surface area contributed by atoms with Crippen molar-refractivity contribution < 1.29 is 5.11 Å². The fourth-order valence-corrected chi connectivity index (χ4v) is 3.21. The molecule has 0 aliphatic heterocycles. The minimum absolute atomic E-state index is 0.547. The van der Waals surface area contributed by atoms with Crippen LogP contribution in [0.4, 0.5) is 0 Å². The van der Waals surface area contributed by atoms with Gasteiger partial charge in [-0.1, -0.05) is 59.8 Å². The van der Waals surface area contributed by atoms with E-state index in [9.17, 15) is 5.11 Å². The molecule has 0 amide bonds. The van der Waals surface area contributed by atoms with Gasteiger partial charge >= 0.3 is 0 Å². The maximum Gasteiger partial charge on any atom is 0.196 e. The highest BCUT2D eigenvalue weighted by molar-refractivity contribution is 7.99. The summed E-state index contributed by atoms with van der Waals surface area (Å²) in [7, 11) is 0. The van der Waals surface area contributed by atoms with Crippen molar-refractivity contribution in [1.29, 1.82) is 0 Å². The Bertz CT molecular complexity index is 805. The third-order valence-electron chi connectivity index (χ3n) is 3.51.